The lowest BCUT2D eigenvalue weighted by molar-refractivity contribution is 0.0785. The van der Waals surface area contributed by atoms with Gasteiger partial charge in [-0.3, -0.25) is 14.2 Å². The number of sulfonamides is 1. The van der Waals surface area contributed by atoms with Gasteiger partial charge in [0.25, 0.3) is 15.9 Å². The van der Waals surface area contributed by atoms with Crippen molar-refractivity contribution in [3.05, 3.63) is 76.8 Å². The number of anilines is 1. The Balaban J connectivity index is 1.84. The van der Waals surface area contributed by atoms with E-state index in [1.165, 1.54) is 35.2 Å². The van der Waals surface area contributed by atoms with Crippen molar-refractivity contribution in [2.45, 2.75) is 11.4 Å². The number of rotatable bonds is 6. The van der Waals surface area contributed by atoms with Crippen molar-refractivity contribution in [2.24, 2.45) is 7.05 Å². The largest absolute Gasteiger partial charge is 0.337 e. The molecule has 0 fully saturated rings. The van der Waals surface area contributed by atoms with Crippen molar-refractivity contribution < 1.29 is 17.6 Å². The maximum absolute atomic E-state index is 13.0. The molecule has 3 rings (SSSR count). The summed E-state index contributed by atoms with van der Waals surface area (Å²) in [5.41, 5.74) is 1.18. The average molecular weight is 437 g/mol. The van der Waals surface area contributed by atoms with E-state index in [-0.39, 0.29) is 27.1 Å². The van der Waals surface area contributed by atoms with Crippen molar-refractivity contribution in [2.75, 3.05) is 11.8 Å². The van der Waals surface area contributed by atoms with Gasteiger partial charge in [0, 0.05) is 43.7 Å². The van der Waals surface area contributed by atoms with E-state index in [4.69, 9.17) is 11.6 Å². The van der Waals surface area contributed by atoms with Crippen LogP contribution in [0.15, 0.2) is 59.8 Å². The molecule has 29 heavy (non-hydrogen) atoms. The first-order valence-electron chi connectivity index (χ1n) is 8.46. The van der Waals surface area contributed by atoms with Gasteiger partial charge in [-0.1, -0.05) is 11.6 Å². The standard InChI is InChI=1S/C19H18ClFN4O3S/c1-24(11-13-10-22-25(2)12-13)19(26)14-3-8-17(20)18(9-14)29(27,28)23-16-6-4-15(21)5-7-16/h3-10,12,23H,11H2,1-2H3. The van der Waals surface area contributed by atoms with Crippen LogP contribution in [0.2, 0.25) is 5.02 Å². The third-order valence-corrected chi connectivity index (χ3v) is 5.95. The lowest BCUT2D eigenvalue weighted by atomic mass is 10.2. The molecule has 0 saturated carbocycles. The molecule has 1 heterocycles. The average Bonchev–Trinajstić information content (AvgIpc) is 3.07. The molecule has 1 N–H and O–H groups in total. The summed E-state index contributed by atoms with van der Waals surface area (Å²) in [7, 11) is -0.703. The van der Waals surface area contributed by atoms with Gasteiger partial charge in [-0.2, -0.15) is 5.10 Å². The number of carbonyl (C=O) groups is 1. The third kappa shape index (κ3) is 4.93. The highest BCUT2D eigenvalue weighted by molar-refractivity contribution is 7.92. The van der Waals surface area contributed by atoms with E-state index in [1.54, 1.807) is 31.2 Å². The molecule has 0 bridgehead atoms. The highest BCUT2D eigenvalue weighted by Crippen LogP contribution is 2.26. The molecule has 0 atom stereocenters. The summed E-state index contributed by atoms with van der Waals surface area (Å²) in [6.07, 6.45) is 3.43. The van der Waals surface area contributed by atoms with Crippen molar-refractivity contribution in [1.82, 2.24) is 14.7 Å². The van der Waals surface area contributed by atoms with Crippen LogP contribution in [0.25, 0.3) is 0 Å². The van der Waals surface area contributed by atoms with Crippen LogP contribution >= 0.6 is 11.6 Å². The first kappa shape index (κ1) is 20.8. The van der Waals surface area contributed by atoms with Gasteiger partial charge in [0.2, 0.25) is 0 Å². The summed E-state index contributed by atoms with van der Waals surface area (Å²) in [4.78, 5) is 13.9. The number of benzene rings is 2. The minimum atomic E-state index is -4.08. The molecule has 0 aliphatic rings. The molecule has 2 aromatic carbocycles. The second kappa shape index (κ2) is 8.22. The molecular weight excluding hydrogens is 419 g/mol. The van der Waals surface area contributed by atoms with Crippen LogP contribution in [0.5, 0.6) is 0 Å². The second-order valence-corrected chi connectivity index (χ2v) is 8.50. The Bertz CT molecular complexity index is 1150. The van der Waals surface area contributed by atoms with Gasteiger partial charge in [0.1, 0.15) is 10.7 Å². The van der Waals surface area contributed by atoms with Crippen molar-refractivity contribution >= 4 is 33.2 Å². The molecule has 0 spiro atoms. The summed E-state index contributed by atoms with van der Waals surface area (Å²) in [6.45, 7) is 0.311. The molecule has 1 amide bonds. The quantitative estimate of drug-likeness (QED) is 0.642. The number of aromatic nitrogens is 2. The van der Waals surface area contributed by atoms with Gasteiger partial charge in [-0.15, -0.1) is 0 Å². The van der Waals surface area contributed by atoms with Gasteiger partial charge in [0.05, 0.1) is 11.2 Å². The highest BCUT2D eigenvalue weighted by atomic mass is 35.5. The minimum Gasteiger partial charge on any atom is -0.337 e. The maximum Gasteiger partial charge on any atom is 0.263 e. The highest BCUT2D eigenvalue weighted by Gasteiger charge is 2.22. The molecule has 1 aromatic heterocycles. The summed E-state index contributed by atoms with van der Waals surface area (Å²) in [5.74, 6) is -0.862. The Hall–Kier alpha value is -2.91. The zero-order valence-electron chi connectivity index (χ0n) is 15.6. The number of aryl methyl sites for hydroxylation is 1. The van der Waals surface area contributed by atoms with Crippen molar-refractivity contribution in [3.8, 4) is 0 Å². The summed E-state index contributed by atoms with van der Waals surface area (Å²) in [6, 6.07) is 8.87. The summed E-state index contributed by atoms with van der Waals surface area (Å²) >= 11 is 6.07. The number of nitrogens with zero attached hydrogens (tertiary/aromatic N) is 3. The SMILES string of the molecule is CN(Cc1cnn(C)c1)C(=O)c1ccc(Cl)c(S(=O)(=O)Nc2ccc(F)cc2)c1. The molecule has 0 radical (unpaired) electrons. The zero-order valence-corrected chi connectivity index (χ0v) is 17.2. The van der Waals surface area contributed by atoms with Crippen LogP contribution in [0.3, 0.4) is 0 Å². The normalized spacial score (nSPS) is 11.3. The fraction of sp³-hybridized carbons (Fsp3) is 0.158. The smallest absolute Gasteiger partial charge is 0.263 e. The molecule has 3 aromatic rings. The Morgan fingerprint density at radius 3 is 2.55 bits per heavy atom. The van der Waals surface area contributed by atoms with Gasteiger partial charge >= 0.3 is 0 Å². The predicted octanol–water partition coefficient (Wildman–Crippen LogP) is 3.29. The molecule has 0 aliphatic carbocycles. The van der Waals surface area contributed by atoms with Gasteiger partial charge in [0.15, 0.2) is 0 Å². The van der Waals surface area contributed by atoms with Crippen LogP contribution in [-0.2, 0) is 23.6 Å². The van der Waals surface area contributed by atoms with E-state index in [2.05, 4.69) is 9.82 Å². The maximum atomic E-state index is 13.0. The monoisotopic (exact) mass is 436 g/mol. The lowest BCUT2D eigenvalue weighted by Gasteiger charge is -2.17. The first-order chi connectivity index (χ1) is 13.7. The molecule has 0 saturated heterocycles. The van der Waals surface area contributed by atoms with Crippen LogP contribution in [0.1, 0.15) is 15.9 Å². The molecule has 7 nitrogen and oxygen atoms in total. The van der Waals surface area contributed by atoms with E-state index in [0.29, 0.717) is 6.54 Å². The number of amides is 1. The van der Waals surface area contributed by atoms with Gasteiger partial charge in [-0.05, 0) is 42.5 Å². The van der Waals surface area contributed by atoms with Crippen LogP contribution < -0.4 is 4.72 Å². The van der Waals surface area contributed by atoms with Crippen LogP contribution in [0, 0.1) is 5.82 Å². The number of carbonyl (C=O) groups excluding carboxylic acids is 1. The molecule has 0 unspecified atom stereocenters. The zero-order chi connectivity index (χ0) is 21.2. The Labute approximate surface area is 172 Å². The first-order valence-corrected chi connectivity index (χ1v) is 10.3. The van der Waals surface area contributed by atoms with E-state index in [0.717, 1.165) is 17.7 Å². The Morgan fingerprint density at radius 2 is 1.93 bits per heavy atom. The van der Waals surface area contributed by atoms with E-state index in [1.807, 2.05) is 0 Å². The van der Waals surface area contributed by atoms with Crippen LogP contribution in [0.4, 0.5) is 10.1 Å². The number of nitrogens with one attached hydrogen (secondary N) is 1. The van der Waals surface area contributed by atoms with Gasteiger partial charge < -0.3 is 4.90 Å². The van der Waals surface area contributed by atoms with Crippen molar-refractivity contribution in [1.29, 1.82) is 0 Å². The molecule has 152 valence electrons. The number of halogens is 2. The number of hydrogen-bond acceptors (Lipinski definition) is 4. The summed E-state index contributed by atoms with van der Waals surface area (Å²) < 4.78 is 42.4. The minimum absolute atomic E-state index is 0.0360. The molecular formula is C19H18ClFN4O3S. The lowest BCUT2D eigenvalue weighted by Crippen LogP contribution is -2.26. The number of hydrogen-bond donors (Lipinski definition) is 1. The summed E-state index contributed by atoms with van der Waals surface area (Å²) in [5, 5.41) is 4.02. The van der Waals surface area contributed by atoms with E-state index >= 15 is 0 Å². The second-order valence-electron chi connectivity index (χ2n) is 6.44. The third-order valence-electron chi connectivity index (χ3n) is 4.09. The van der Waals surface area contributed by atoms with E-state index in [9.17, 15) is 17.6 Å². The Morgan fingerprint density at radius 1 is 1.24 bits per heavy atom. The molecule has 10 heteroatoms. The predicted molar refractivity (Wildman–Crippen MR) is 108 cm³/mol. The van der Waals surface area contributed by atoms with Crippen LogP contribution in [-0.4, -0.2) is 36.1 Å². The Kier molecular flexibility index (Phi) is 5.90. The fourth-order valence-corrected chi connectivity index (χ4v) is 4.28. The van der Waals surface area contributed by atoms with Gasteiger partial charge in [-0.25, -0.2) is 12.8 Å². The van der Waals surface area contributed by atoms with E-state index < -0.39 is 15.8 Å². The van der Waals surface area contributed by atoms with Crippen molar-refractivity contribution in [3.63, 3.8) is 0 Å². The fourth-order valence-electron chi connectivity index (χ4n) is 2.69. The topological polar surface area (TPSA) is 84.3 Å². The molecule has 0 aliphatic heterocycles.